The highest BCUT2D eigenvalue weighted by Crippen LogP contribution is 1.92. The van der Waals surface area contributed by atoms with E-state index in [1.165, 1.54) is 12.3 Å². The molecule has 0 aromatic heterocycles. The zero-order valence-corrected chi connectivity index (χ0v) is 9.37. The van der Waals surface area contributed by atoms with Crippen molar-refractivity contribution < 1.29 is 19.1 Å². The van der Waals surface area contributed by atoms with Gasteiger partial charge in [-0.2, -0.15) is 0 Å². The second-order valence-corrected chi connectivity index (χ2v) is 2.93. The van der Waals surface area contributed by atoms with Gasteiger partial charge < -0.3 is 9.47 Å². The van der Waals surface area contributed by atoms with E-state index in [1.54, 1.807) is 6.92 Å². The smallest absolute Gasteiger partial charge is 0.333 e. The highest BCUT2D eigenvalue weighted by atomic mass is 79.9. The van der Waals surface area contributed by atoms with Gasteiger partial charge in [0.15, 0.2) is 0 Å². The summed E-state index contributed by atoms with van der Waals surface area (Å²) in [5, 5.41) is 0.128. The molecular formula is C9H11BrO4. The molecule has 0 saturated carbocycles. The Morgan fingerprint density at radius 1 is 1.50 bits per heavy atom. The van der Waals surface area contributed by atoms with E-state index in [2.05, 4.69) is 27.2 Å². The van der Waals surface area contributed by atoms with Crippen LogP contribution in [-0.2, 0) is 19.1 Å². The van der Waals surface area contributed by atoms with Crippen molar-refractivity contribution in [2.75, 3.05) is 11.9 Å². The van der Waals surface area contributed by atoms with Crippen LogP contribution in [0, 0.1) is 0 Å². The van der Waals surface area contributed by atoms with E-state index < -0.39 is 11.9 Å². The fraction of sp³-hybridized carbons (Fsp3) is 0.333. The number of alkyl halides is 1. The minimum atomic E-state index is -0.471. The molecule has 0 aromatic carbocycles. The Morgan fingerprint density at radius 3 is 2.64 bits per heavy atom. The first-order chi connectivity index (χ1) is 6.57. The highest BCUT2D eigenvalue weighted by molar-refractivity contribution is 9.09. The maximum absolute atomic E-state index is 10.8. The van der Waals surface area contributed by atoms with E-state index in [0.29, 0.717) is 5.57 Å². The molecule has 0 radical (unpaired) electrons. The first-order valence-corrected chi connectivity index (χ1v) is 4.93. The average Bonchev–Trinajstić information content (AvgIpc) is 2.16. The van der Waals surface area contributed by atoms with Crippen LogP contribution >= 0.6 is 15.9 Å². The molecule has 0 fully saturated rings. The summed E-state index contributed by atoms with van der Waals surface area (Å²) in [6.45, 7) is 5.01. The molecule has 0 spiro atoms. The zero-order valence-electron chi connectivity index (χ0n) is 7.79. The van der Waals surface area contributed by atoms with Gasteiger partial charge in [0.05, 0.1) is 6.26 Å². The number of carbonyl (C=O) groups excluding carboxylic acids is 2. The van der Waals surface area contributed by atoms with Crippen LogP contribution in [0.1, 0.15) is 6.92 Å². The van der Waals surface area contributed by atoms with Gasteiger partial charge in [0.1, 0.15) is 11.9 Å². The van der Waals surface area contributed by atoms with Crippen molar-refractivity contribution in [3.05, 3.63) is 24.5 Å². The van der Waals surface area contributed by atoms with Crippen LogP contribution in [0.25, 0.3) is 0 Å². The Balaban J connectivity index is 3.59. The Kier molecular flexibility index (Phi) is 6.74. The molecule has 5 heteroatoms. The summed E-state index contributed by atoms with van der Waals surface area (Å²) >= 11 is 2.92. The van der Waals surface area contributed by atoms with Gasteiger partial charge in [0, 0.05) is 5.57 Å². The van der Waals surface area contributed by atoms with Crippen molar-refractivity contribution in [1.29, 1.82) is 0 Å². The zero-order chi connectivity index (χ0) is 11.0. The standard InChI is InChI=1S/C9H11BrO4/c1-7(2)9(12)14-5-3-4-13-8(11)6-10/h3-4H,1,5-6H2,2H3. The first kappa shape index (κ1) is 12.9. The van der Waals surface area contributed by atoms with Crippen molar-refractivity contribution in [2.45, 2.75) is 6.92 Å². The maximum atomic E-state index is 10.8. The Morgan fingerprint density at radius 2 is 2.14 bits per heavy atom. The van der Waals surface area contributed by atoms with Gasteiger partial charge in [-0.05, 0) is 13.0 Å². The second kappa shape index (κ2) is 7.32. The average molecular weight is 263 g/mol. The fourth-order valence-electron chi connectivity index (χ4n) is 0.442. The summed E-state index contributed by atoms with van der Waals surface area (Å²) in [5.74, 6) is -0.881. The normalized spacial score (nSPS) is 9.86. The number of carbonyl (C=O) groups is 2. The summed E-state index contributed by atoms with van der Waals surface area (Å²) in [4.78, 5) is 21.4. The monoisotopic (exact) mass is 262 g/mol. The van der Waals surface area contributed by atoms with Crippen LogP contribution in [0.15, 0.2) is 24.5 Å². The maximum Gasteiger partial charge on any atom is 0.333 e. The molecule has 0 aromatic rings. The number of hydrogen-bond acceptors (Lipinski definition) is 4. The third kappa shape index (κ3) is 6.42. The van der Waals surface area contributed by atoms with Crippen LogP contribution in [-0.4, -0.2) is 23.9 Å². The van der Waals surface area contributed by atoms with Crippen molar-refractivity contribution in [3.63, 3.8) is 0 Å². The van der Waals surface area contributed by atoms with E-state index in [0.717, 1.165) is 0 Å². The molecule has 0 unspecified atom stereocenters. The van der Waals surface area contributed by atoms with Gasteiger partial charge in [-0.15, -0.1) is 0 Å². The van der Waals surface area contributed by atoms with Gasteiger partial charge in [-0.3, -0.25) is 4.79 Å². The van der Waals surface area contributed by atoms with Crippen molar-refractivity contribution in [2.24, 2.45) is 0 Å². The van der Waals surface area contributed by atoms with Crippen LogP contribution in [0.3, 0.4) is 0 Å². The molecule has 0 aliphatic rings. The van der Waals surface area contributed by atoms with Gasteiger partial charge in [0.25, 0.3) is 0 Å². The molecule has 0 aliphatic carbocycles. The third-order valence-electron chi connectivity index (χ3n) is 1.06. The number of esters is 2. The Bertz CT molecular complexity index is 258. The topological polar surface area (TPSA) is 52.6 Å². The first-order valence-electron chi connectivity index (χ1n) is 3.81. The molecular weight excluding hydrogens is 252 g/mol. The van der Waals surface area contributed by atoms with Crippen LogP contribution in [0.5, 0.6) is 0 Å². The van der Waals surface area contributed by atoms with Crippen LogP contribution < -0.4 is 0 Å². The van der Waals surface area contributed by atoms with Crippen molar-refractivity contribution >= 4 is 27.9 Å². The molecule has 0 rings (SSSR count). The van der Waals surface area contributed by atoms with Gasteiger partial charge in [0.2, 0.25) is 0 Å². The quantitative estimate of drug-likeness (QED) is 0.327. The summed E-state index contributed by atoms with van der Waals surface area (Å²) in [7, 11) is 0. The minimum Gasteiger partial charge on any atom is -0.458 e. The summed E-state index contributed by atoms with van der Waals surface area (Å²) in [6.07, 6.45) is 2.59. The Hall–Kier alpha value is -1.10. The number of hydrogen-bond donors (Lipinski definition) is 0. The molecule has 14 heavy (non-hydrogen) atoms. The molecule has 0 atom stereocenters. The predicted octanol–water partition coefficient (Wildman–Crippen LogP) is 1.56. The summed E-state index contributed by atoms with van der Waals surface area (Å²) < 4.78 is 9.24. The van der Waals surface area contributed by atoms with Crippen LogP contribution in [0.4, 0.5) is 0 Å². The molecule has 0 N–H and O–H groups in total. The fourth-order valence-corrected chi connectivity index (χ4v) is 0.574. The molecule has 0 amide bonds. The third-order valence-corrected chi connectivity index (χ3v) is 1.52. The number of rotatable bonds is 5. The van der Waals surface area contributed by atoms with Gasteiger partial charge in [-0.25, -0.2) is 4.79 Å². The molecule has 0 bridgehead atoms. The van der Waals surface area contributed by atoms with E-state index in [9.17, 15) is 9.59 Å². The van der Waals surface area contributed by atoms with Gasteiger partial charge >= 0.3 is 11.9 Å². The van der Waals surface area contributed by atoms with E-state index in [4.69, 9.17) is 4.74 Å². The van der Waals surface area contributed by atoms with Crippen molar-refractivity contribution in [1.82, 2.24) is 0 Å². The number of ether oxygens (including phenoxy) is 2. The van der Waals surface area contributed by atoms with E-state index >= 15 is 0 Å². The lowest BCUT2D eigenvalue weighted by atomic mass is 10.4. The van der Waals surface area contributed by atoms with Crippen LogP contribution in [0.2, 0.25) is 0 Å². The Labute approximate surface area is 90.7 Å². The van der Waals surface area contributed by atoms with E-state index in [1.807, 2.05) is 0 Å². The summed E-state index contributed by atoms with van der Waals surface area (Å²) in [6, 6.07) is 0. The summed E-state index contributed by atoms with van der Waals surface area (Å²) in [5.41, 5.74) is 0.329. The molecule has 0 saturated heterocycles. The SMILES string of the molecule is C=C(C)C(=O)OCC=COC(=O)CBr. The molecule has 0 heterocycles. The predicted molar refractivity (Wildman–Crippen MR) is 54.8 cm³/mol. The van der Waals surface area contributed by atoms with Crippen molar-refractivity contribution in [3.8, 4) is 0 Å². The van der Waals surface area contributed by atoms with Gasteiger partial charge in [-0.1, -0.05) is 22.5 Å². The lowest BCUT2D eigenvalue weighted by molar-refractivity contribution is -0.137. The highest BCUT2D eigenvalue weighted by Gasteiger charge is 2.00. The number of halogens is 1. The molecule has 0 aliphatic heterocycles. The lowest BCUT2D eigenvalue weighted by Gasteiger charge is -1.99. The minimum absolute atomic E-state index is 0.0568. The largest absolute Gasteiger partial charge is 0.458 e. The van der Waals surface area contributed by atoms with E-state index in [-0.39, 0.29) is 11.9 Å². The lowest BCUT2D eigenvalue weighted by Crippen LogP contribution is -2.05. The molecule has 78 valence electrons. The molecule has 4 nitrogen and oxygen atoms in total. The second-order valence-electron chi connectivity index (χ2n) is 2.37.